The fraction of sp³-hybridized carbons (Fsp3) is 0.643. The van der Waals surface area contributed by atoms with Crippen LogP contribution in [0.2, 0.25) is 0 Å². The molecule has 2 atom stereocenters. The van der Waals surface area contributed by atoms with Crippen molar-refractivity contribution in [3.8, 4) is 0 Å². The highest BCUT2D eigenvalue weighted by Crippen LogP contribution is 2.37. The van der Waals surface area contributed by atoms with Gasteiger partial charge in [0.05, 0.1) is 0 Å². The summed E-state index contributed by atoms with van der Waals surface area (Å²) in [6.07, 6.45) is 6.29. The van der Waals surface area contributed by atoms with Gasteiger partial charge in [-0.15, -0.1) is 0 Å². The van der Waals surface area contributed by atoms with Crippen molar-refractivity contribution in [2.24, 2.45) is 5.92 Å². The lowest BCUT2D eigenvalue weighted by atomic mass is 9.86. The third-order valence-electron chi connectivity index (χ3n) is 4.19. The third-order valence-corrected chi connectivity index (χ3v) is 6.36. The number of carbonyl (C=O) groups excluding carboxylic acids is 1. The average molecular weight is 278 g/mol. The smallest absolute Gasteiger partial charge is 0.203 e. The van der Waals surface area contributed by atoms with Crippen LogP contribution < -0.4 is 0 Å². The van der Waals surface area contributed by atoms with Gasteiger partial charge in [0.15, 0.2) is 5.82 Å². The summed E-state index contributed by atoms with van der Waals surface area (Å²) in [7, 11) is -0.727. The predicted octanol–water partition coefficient (Wildman–Crippen LogP) is 2.05. The van der Waals surface area contributed by atoms with Crippen molar-refractivity contribution in [2.75, 3.05) is 0 Å². The minimum absolute atomic E-state index is 0.0326. The molecule has 2 saturated heterocycles. The molecule has 5 heteroatoms. The van der Waals surface area contributed by atoms with Crippen molar-refractivity contribution in [3.63, 3.8) is 0 Å². The highest BCUT2D eigenvalue weighted by atomic mass is 32.2. The number of carbonyl (C=O) groups is 1. The van der Waals surface area contributed by atoms with E-state index in [1.165, 1.54) is 0 Å². The Kier molecular flexibility index (Phi) is 3.48. The normalized spacial score (nSPS) is 33.9. The first-order valence-corrected chi connectivity index (χ1v) is 8.16. The quantitative estimate of drug-likeness (QED) is 0.777. The van der Waals surface area contributed by atoms with Gasteiger partial charge in [-0.1, -0.05) is 6.42 Å². The first kappa shape index (κ1) is 12.9. The van der Waals surface area contributed by atoms with Gasteiger partial charge in [-0.3, -0.25) is 9.00 Å². The van der Waals surface area contributed by atoms with Crippen molar-refractivity contribution in [1.82, 2.24) is 9.97 Å². The molecule has 2 bridgehead atoms. The molecule has 2 aliphatic rings. The van der Waals surface area contributed by atoms with Crippen LogP contribution >= 0.6 is 0 Å². The van der Waals surface area contributed by atoms with E-state index in [2.05, 4.69) is 9.97 Å². The second kappa shape index (κ2) is 5.12. The van der Waals surface area contributed by atoms with Gasteiger partial charge in [0.1, 0.15) is 0 Å². The van der Waals surface area contributed by atoms with E-state index in [0.29, 0.717) is 5.82 Å². The molecule has 0 amide bonds. The number of hydrogen-bond donors (Lipinski definition) is 0. The molecule has 0 saturated carbocycles. The Hall–Kier alpha value is -1.10. The molecule has 102 valence electrons. The van der Waals surface area contributed by atoms with Crippen LogP contribution in [0.5, 0.6) is 0 Å². The first-order chi connectivity index (χ1) is 9.15. The largest absolute Gasteiger partial charge is 0.290 e. The van der Waals surface area contributed by atoms with Crippen LogP contribution in [-0.2, 0) is 10.8 Å². The molecule has 0 aliphatic carbocycles. The summed E-state index contributed by atoms with van der Waals surface area (Å²) >= 11 is 0. The maximum Gasteiger partial charge on any atom is 0.203 e. The van der Waals surface area contributed by atoms with E-state index in [9.17, 15) is 9.00 Å². The van der Waals surface area contributed by atoms with Crippen molar-refractivity contribution >= 4 is 16.6 Å². The van der Waals surface area contributed by atoms with E-state index in [-0.39, 0.29) is 22.2 Å². The second-order valence-corrected chi connectivity index (χ2v) is 7.55. The van der Waals surface area contributed by atoms with Crippen LogP contribution in [-0.4, -0.2) is 30.5 Å². The van der Waals surface area contributed by atoms with Gasteiger partial charge < -0.3 is 0 Å². The van der Waals surface area contributed by atoms with Crippen LogP contribution in [0.15, 0.2) is 12.3 Å². The molecule has 2 unspecified atom stereocenters. The number of ketones is 1. The number of Topliss-reactive ketones (excluding diaryl/α,β-unsaturated/α-hetero) is 1. The standard InChI is InChI=1S/C14H18N2O2S/c1-9-5-6-15-14(16-9)13(17)10-7-11-3-2-4-12(8-10)19(11)18/h5-6,10-12H,2-4,7-8H2,1H3. The fourth-order valence-electron chi connectivity index (χ4n) is 3.20. The Balaban J connectivity index is 1.80. The van der Waals surface area contributed by atoms with Crippen LogP contribution in [0.4, 0.5) is 0 Å². The molecule has 19 heavy (non-hydrogen) atoms. The number of hydrogen-bond acceptors (Lipinski definition) is 4. The Morgan fingerprint density at radius 2 is 2.00 bits per heavy atom. The molecule has 0 N–H and O–H groups in total. The monoisotopic (exact) mass is 278 g/mol. The Bertz CT molecular complexity index is 516. The van der Waals surface area contributed by atoms with Crippen molar-refractivity contribution in [3.05, 3.63) is 23.8 Å². The molecular weight excluding hydrogens is 260 g/mol. The maximum absolute atomic E-state index is 12.5. The van der Waals surface area contributed by atoms with Gasteiger partial charge >= 0.3 is 0 Å². The first-order valence-electron chi connectivity index (χ1n) is 6.88. The van der Waals surface area contributed by atoms with Gasteiger partial charge in [-0.2, -0.15) is 0 Å². The van der Waals surface area contributed by atoms with Gasteiger partial charge in [-0.25, -0.2) is 9.97 Å². The van der Waals surface area contributed by atoms with Crippen molar-refractivity contribution in [1.29, 1.82) is 0 Å². The molecule has 3 heterocycles. The Morgan fingerprint density at radius 1 is 1.32 bits per heavy atom. The van der Waals surface area contributed by atoms with Crippen LogP contribution in [0.25, 0.3) is 0 Å². The lowest BCUT2D eigenvalue weighted by molar-refractivity contribution is 0.0884. The molecule has 4 nitrogen and oxygen atoms in total. The van der Waals surface area contributed by atoms with Crippen LogP contribution in [0.3, 0.4) is 0 Å². The number of aromatic nitrogens is 2. The Labute approximate surface area is 115 Å². The molecular formula is C14H18N2O2S. The number of nitrogens with zero attached hydrogens (tertiary/aromatic N) is 2. The summed E-state index contributed by atoms with van der Waals surface area (Å²) in [4.78, 5) is 20.8. The lowest BCUT2D eigenvalue weighted by Crippen LogP contribution is -2.41. The topological polar surface area (TPSA) is 59.9 Å². The minimum Gasteiger partial charge on any atom is -0.290 e. The SMILES string of the molecule is Cc1ccnc(C(=O)C2CC3CCCC(C2)S3=O)n1. The maximum atomic E-state index is 12.5. The summed E-state index contributed by atoms with van der Waals surface area (Å²) in [5.74, 6) is 0.336. The van der Waals surface area contributed by atoms with Crippen molar-refractivity contribution in [2.45, 2.75) is 49.5 Å². The number of rotatable bonds is 2. The van der Waals surface area contributed by atoms with E-state index in [0.717, 1.165) is 37.8 Å². The molecule has 3 rings (SSSR count). The highest BCUT2D eigenvalue weighted by molar-refractivity contribution is 7.86. The lowest BCUT2D eigenvalue weighted by Gasteiger charge is -2.37. The summed E-state index contributed by atoms with van der Waals surface area (Å²) in [6.45, 7) is 1.86. The van der Waals surface area contributed by atoms with Gasteiger partial charge in [-0.05, 0) is 38.7 Å². The average Bonchev–Trinajstić information content (AvgIpc) is 2.37. The van der Waals surface area contributed by atoms with E-state index in [1.54, 1.807) is 12.3 Å². The van der Waals surface area contributed by atoms with Crippen molar-refractivity contribution < 1.29 is 9.00 Å². The van der Waals surface area contributed by atoms with E-state index in [1.807, 2.05) is 6.92 Å². The Morgan fingerprint density at radius 3 is 2.63 bits per heavy atom. The summed E-state index contributed by atoms with van der Waals surface area (Å²) in [5, 5.41) is 0.428. The third kappa shape index (κ3) is 2.48. The molecule has 1 aromatic heterocycles. The zero-order valence-corrected chi connectivity index (χ0v) is 11.9. The van der Waals surface area contributed by atoms with Gasteiger partial charge in [0.2, 0.25) is 5.78 Å². The van der Waals surface area contributed by atoms with Gasteiger partial charge in [0.25, 0.3) is 0 Å². The molecule has 1 aromatic rings. The highest BCUT2D eigenvalue weighted by Gasteiger charge is 2.41. The number of aryl methyl sites for hydroxylation is 1. The zero-order chi connectivity index (χ0) is 13.4. The van der Waals surface area contributed by atoms with Crippen LogP contribution in [0.1, 0.15) is 48.4 Å². The van der Waals surface area contributed by atoms with Gasteiger partial charge in [0, 0.05) is 39.1 Å². The fourth-order valence-corrected chi connectivity index (χ4v) is 5.38. The van der Waals surface area contributed by atoms with Crippen LogP contribution in [0, 0.1) is 12.8 Å². The zero-order valence-electron chi connectivity index (χ0n) is 11.0. The van der Waals surface area contributed by atoms with E-state index < -0.39 is 10.8 Å². The summed E-state index contributed by atoms with van der Waals surface area (Å²) < 4.78 is 12.1. The van der Waals surface area contributed by atoms with E-state index >= 15 is 0 Å². The second-order valence-electron chi connectivity index (χ2n) is 5.56. The molecule has 0 spiro atoms. The van der Waals surface area contributed by atoms with E-state index in [4.69, 9.17) is 0 Å². The number of fused-ring (bicyclic) bond motifs is 2. The summed E-state index contributed by atoms with van der Waals surface area (Å²) in [6, 6.07) is 1.79. The predicted molar refractivity (Wildman–Crippen MR) is 73.4 cm³/mol. The molecule has 0 aromatic carbocycles. The minimum atomic E-state index is -0.727. The molecule has 0 radical (unpaired) electrons. The molecule has 2 fully saturated rings. The molecule has 2 aliphatic heterocycles. The summed E-state index contributed by atoms with van der Waals surface area (Å²) in [5.41, 5.74) is 0.818.